The van der Waals surface area contributed by atoms with Gasteiger partial charge in [0.25, 0.3) is 0 Å². The van der Waals surface area contributed by atoms with Gasteiger partial charge in [-0.1, -0.05) is 13.8 Å². The van der Waals surface area contributed by atoms with E-state index in [0.29, 0.717) is 6.42 Å². The summed E-state index contributed by atoms with van der Waals surface area (Å²) in [6, 6.07) is 0. The van der Waals surface area contributed by atoms with Gasteiger partial charge in [-0.05, 0) is 33.1 Å². The Morgan fingerprint density at radius 2 is 1.14 bits per heavy atom. The summed E-state index contributed by atoms with van der Waals surface area (Å²) in [5.74, 6) is -1.83. The summed E-state index contributed by atoms with van der Waals surface area (Å²) < 4.78 is 0. The van der Waals surface area contributed by atoms with E-state index in [4.69, 9.17) is 10.2 Å². The second-order valence-electron chi connectivity index (χ2n) is 6.68. The summed E-state index contributed by atoms with van der Waals surface area (Å²) in [6.45, 7) is 9.51. The second-order valence-corrected chi connectivity index (χ2v) is 6.68. The predicted molar refractivity (Wildman–Crippen MR) is 78.0 cm³/mol. The lowest BCUT2D eigenvalue weighted by Crippen LogP contribution is -2.25. The first-order chi connectivity index (χ1) is 9.19. The zero-order chi connectivity index (χ0) is 17.4. The fourth-order valence-electron chi connectivity index (χ4n) is 1.84. The predicted octanol–water partition coefficient (Wildman–Crippen LogP) is 2.54. The summed E-state index contributed by atoms with van der Waals surface area (Å²) in [7, 11) is 0. The first kappa shape index (κ1) is 21.6. The number of ketones is 2. The number of carboxylic acid groups (broad SMARTS) is 2. The van der Waals surface area contributed by atoms with Gasteiger partial charge in [-0.2, -0.15) is 0 Å². The maximum Gasteiger partial charge on any atom is 0.309 e. The number of rotatable bonds is 7. The fraction of sp³-hybridized carbons (Fsp3) is 0.733. The van der Waals surface area contributed by atoms with Crippen LogP contribution in [0.4, 0.5) is 0 Å². The lowest BCUT2D eigenvalue weighted by atomic mass is 9.84. The van der Waals surface area contributed by atoms with Gasteiger partial charge in [-0.15, -0.1) is 0 Å². The number of carbonyl (C=O) groups is 4. The molecule has 0 aromatic heterocycles. The third-order valence-electron chi connectivity index (χ3n) is 2.63. The highest BCUT2D eigenvalue weighted by Crippen LogP contribution is 2.24. The molecular weight excluding hydrogens is 276 g/mol. The van der Waals surface area contributed by atoms with Crippen molar-refractivity contribution < 1.29 is 29.4 Å². The normalized spacial score (nSPS) is 11.1. The van der Waals surface area contributed by atoms with Crippen molar-refractivity contribution in [2.24, 2.45) is 10.8 Å². The van der Waals surface area contributed by atoms with Crippen LogP contribution in [0.1, 0.15) is 60.8 Å². The third-order valence-corrected chi connectivity index (χ3v) is 2.63. The Morgan fingerprint density at radius 1 is 0.762 bits per heavy atom. The van der Waals surface area contributed by atoms with Crippen LogP contribution in [-0.4, -0.2) is 33.7 Å². The molecule has 0 spiro atoms. The highest BCUT2D eigenvalue weighted by atomic mass is 16.4. The largest absolute Gasteiger partial charge is 0.481 e. The Hall–Kier alpha value is -1.72. The Kier molecular flexibility index (Phi) is 8.78. The Morgan fingerprint density at radius 3 is 1.33 bits per heavy atom. The number of carboxylic acids is 2. The molecule has 6 heteroatoms. The molecule has 21 heavy (non-hydrogen) atoms. The first-order valence-electron chi connectivity index (χ1n) is 6.64. The van der Waals surface area contributed by atoms with Crippen LogP contribution in [0.2, 0.25) is 0 Å². The van der Waals surface area contributed by atoms with Gasteiger partial charge in [-0.3, -0.25) is 14.4 Å². The van der Waals surface area contributed by atoms with E-state index in [1.807, 2.05) is 0 Å². The smallest absolute Gasteiger partial charge is 0.309 e. The summed E-state index contributed by atoms with van der Waals surface area (Å²) in [6.07, 6.45) is 0.480. The topological polar surface area (TPSA) is 109 Å². The molecule has 0 heterocycles. The van der Waals surface area contributed by atoms with Gasteiger partial charge in [0, 0.05) is 12.8 Å². The summed E-state index contributed by atoms with van der Waals surface area (Å²) in [4.78, 5) is 41.8. The quantitative estimate of drug-likeness (QED) is 0.748. The molecule has 0 bridgehead atoms. The van der Waals surface area contributed by atoms with Crippen LogP contribution in [0, 0.1) is 10.8 Å². The zero-order valence-corrected chi connectivity index (χ0v) is 13.6. The van der Waals surface area contributed by atoms with E-state index >= 15 is 0 Å². The highest BCUT2D eigenvalue weighted by Gasteiger charge is 2.28. The lowest BCUT2D eigenvalue weighted by Gasteiger charge is -2.19. The molecule has 0 radical (unpaired) electrons. The van der Waals surface area contributed by atoms with Gasteiger partial charge >= 0.3 is 11.9 Å². The number of Topliss-reactive ketones (excluding diaryl/α,β-unsaturated/α-hetero) is 2. The summed E-state index contributed by atoms with van der Waals surface area (Å²) in [5, 5.41) is 17.0. The highest BCUT2D eigenvalue weighted by molar-refractivity contribution is 5.84. The SMILES string of the molecule is CC(=O)CC(C)(C)C(=O)O.CC(=O)CC(C)(C)CC(=O)O. The molecule has 0 aromatic rings. The second kappa shape index (κ2) is 8.54. The van der Waals surface area contributed by atoms with E-state index in [1.165, 1.54) is 27.7 Å². The molecule has 122 valence electrons. The van der Waals surface area contributed by atoms with E-state index in [1.54, 1.807) is 13.8 Å². The fourth-order valence-corrected chi connectivity index (χ4v) is 1.84. The van der Waals surface area contributed by atoms with Crippen LogP contribution < -0.4 is 0 Å². The molecule has 0 fully saturated rings. The average molecular weight is 302 g/mol. The zero-order valence-electron chi connectivity index (χ0n) is 13.6. The van der Waals surface area contributed by atoms with Gasteiger partial charge in [0.15, 0.2) is 0 Å². The molecule has 0 amide bonds. The molecule has 6 nitrogen and oxygen atoms in total. The number of aliphatic carboxylic acids is 2. The summed E-state index contributed by atoms with van der Waals surface area (Å²) in [5.41, 5.74) is -1.32. The van der Waals surface area contributed by atoms with Gasteiger partial charge in [0.1, 0.15) is 11.6 Å². The average Bonchev–Trinajstić information content (AvgIpc) is 2.10. The van der Waals surface area contributed by atoms with Gasteiger partial charge < -0.3 is 15.0 Å². The van der Waals surface area contributed by atoms with E-state index in [9.17, 15) is 19.2 Å². The Bertz CT molecular complexity index is 388. The van der Waals surface area contributed by atoms with Crippen molar-refractivity contribution in [1.29, 1.82) is 0 Å². The minimum absolute atomic E-state index is 0.0382. The molecule has 0 unspecified atom stereocenters. The van der Waals surface area contributed by atoms with Gasteiger partial charge in [0.05, 0.1) is 11.8 Å². The van der Waals surface area contributed by atoms with Crippen molar-refractivity contribution in [2.75, 3.05) is 0 Å². The van der Waals surface area contributed by atoms with E-state index in [2.05, 4.69) is 0 Å². The molecule has 0 aliphatic carbocycles. The van der Waals surface area contributed by atoms with E-state index in [-0.39, 0.29) is 24.4 Å². The van der Waals surface area contributed by atoms with Crippen LogP contribution in [0.3, 0.4) is 0 Å². The molecule has 0 aliphatic heterocycles. The lowest BCUT2D eigenvalue weighted by molar-refractivity contribution is -0.149. The maximum absolute atomic E-state index is 10.6. The maximum atomic E-state index is 10.6. The minimum atomic E-state index is -0.928. The number of hydrogen-bond donors (Lipinski definition) is 2. The van der Waals surface area contributed by atoms with Crippen molar-refractivity contribution in [3.8, 4) is 0 Å². The van der Waals surface area contributed by atoms with Crippen molar-refractivity contribution in [3.05, 3.63) is 0 Å². The van der Waals surface area contributed by atoms with Crippen molar-refractivity contribution >= 4 is 23.5 Å². The first-order valence-corrected chi connectivity index (χ1v) is 6.64. The standard InChI is InChI=1S/C8H14O3.C7H12O3/c1-6(9)4-8(2,3)5-7(10)11;1-5(8)4-7(2,3)6(9)10/h4-5H2,1-3H3,(H,10,11);4H2,1-3H3,(H,9,10). The Labute approximate surface area is 125 Å². The number of hydrogen-bond acceptors (Lipinski definition) is 4. The van der Waals surface area contributed by atoms with Crippen molar-refractivity contribution in [3.63, 3.8) is 0 Å². The molecule has 0 aliphatic rings. The molecular formula is C15H26O6. The molecule has 0 saturated heterocycles. The monoisotopic (exact) mass is 302 g/mol. The molecule has 0 saturated carbocycles. The van der Waals surface area contributed by atoms with Crippen LogP contribution >= 0.6 is 0 Å². The van der Waals surface area contributed by atoms with Crippen LogP contribution in [0.15, 0.2) is 0 Å². The van der Waals surface area contributed by atoms with Gasteiger partial charge in [0.2, 0.25) is 0 Å². The van der Waals surface area contributed by atoms with Gasteiger partial charge in [-0.25, -0.2) is 0 Å². The van der Waals surface area contributed by atoms with E-state index < -0.39 is 22.8 Å². The molecule has 0 aromatic carbocycles. The Balaban J connectivity index is 0. The van der Waals surface area contributed by atoms with Crippen molar-refractivity contribution in [1.82, 2.24) is 0 Å². The van der Waals surface area contributed by atoms with Crippen LogP contribution in [0.5, 0.6) is 0 Å². The molecule has 0 rings (SSSR count). The van der Waals surface area contributed by atoms with Crippen molar-refractivity contribution in [2.45, 2.75) is 60.8 Å². The minimum Gasteiger partial charge on any atom is -0.481 e. The number of carbonyl (C=O) groups excluding carboxylic acids is 2. The third kappa shape index (κ3) is 13.0. The molecule has 0 atom stereocenters. The molecule has 2 N–H and O–H groups in total. The van der Waals surface area contributed by atoms with E-state index in [0.717, 1.165) is 0 Å². The summed E-state index contributed by atoms with van der Waals surface area (Å²) >= 11 is 0. The van der Waals surface area contributed by atoms with Crippen LogP contribution in [0.25, 0.3) is 0 Å². The van der Waals surface area contributed by atoms with Crippen LogP contribution in [-0.2, 0) is 19.2 Å².